The highest BCUT2D eigenvalue weighted by atomic mass is 79.9. The Morgan fingerprint density at radius 2 is 1.94 bits per heavy atom. The van der Waals surface area contributed by atoms with Gasteiger partial charge in [-0.15, -0.1) is 0 Å². The van der Waals surface area contributed by atoms with Crippen molar-refractivity contribution in [1.29, 1.82) is 0 Å². The maximum Gasteiger partial charge on any atom is 0.240 e. The smallest absolute Gasteiger partial charge is 0.208 e. The van der Waals surface area contributed by atoms with Crippen molar-refractivity contribution in [2.45, 2.75) is 42.0 Å². The zero-order valence-electron chi connectivity index (χ0n) is 9.69. The lowest BCUT2D eigenvalue weighted by Gasteiger charge is -2.07. The van der Waals surface area contributed by atoms with Gasteiger partial charge in [0.1, 0.15) is 0 Å². The van der Waals surface area contributed by atoms with Crippen LogP contribution in [0, 0.1) is 0 Å². The first-order chi connectivity index (χ1) is 7.97. The van der Waals surface area contributed by atoms with Crippen molar-refractivity contribution in [3.8, 4) is 0 Å². The summed E-state index contributed by atoms with van der Waals surface area (Å²) in [5, 5.41) is 0. The zero-order valence-corrected chi connectivity index (χ0v) is 12.1. The molecule has 1 aliphatic rings. The van der Waals surface area contributed by atoms with E-state index < -0.39 is 10.0 Å². The molecule has 0 spiro atoms. The van der Waals surface area contributed by atoms with Crippen molar-refractivity contribution >= 4 is 26.0 Å². The molecule has 1 atom stereocenters. The Kier molecular flexibility index (Phi) is 3.90. The number of hydrogen-bond acceptors (Lipinski definition) is 2. The normalized spacial score (nSPS) is 18.0. The van der Waals surface area contributed by atoms with E-state index in [0.717, 1.165) is 24.8 Å². The first-order valence-corrected chi connectivity index (χ1v) is 8.12. The van der Waals surface area contributed by atoms with Crippen LogP contribution in [0.4, 0.5) is 0 Å². The van der Waals surface area contributed by atoms with Crippen molar-refractivity contribution in [3.63, 3.8) is 0 Å². The van der Waals surface area contributed by atoms with E-state index in [4.69, 9.17) is 0 Å². The van der Waals surface area contributed by atoms with Gasteiger partial charge in [-0.1, -0.05) is 35.0 Å². The largest absolute Gasteiger partial charge is 0.240 e. The van der Waals surface area contributed by atoms with Gasteiger partial charge in [0.25, 0.3) is 0 Å². The Bertz CT molecular complexity index is 478. The van der Waals surface area contributed by atoms with Gasteiger partial charge in [-0.3, -0.25) is 0 Å². The second-order valence-corrected chi connectivity index (χ2v) is 7.80. The molecule has 1 saturated carbocycles. The average Bonchev–Trinajstić information content (AvgIpc) is 3.01. The number of benzene rings is 1. The summed E-state index contributed by atoms with van der Waals surface area (Å²) in [4.78, 5) is 0.755. The molecular weight excluding hydrogens is 302 g/mol. The van der Waals surface area contributed by atoms with E-state index in [1.165, 1.54) is 0 Å². The number of alkyl halides is 1. The summed E-state index contributed by atoms with van der Waals surface area (Å²) < 4.78 is 26.5. The molecule has 1 unspecified atom stereocenters. The maximum absolute atomic E-state index is 11.9. The third-order valence-electron chi connectivity index (χ3n) is 2.65. The molecular formula is C12H16BrNO2S. The summed E-state index contributed by atoms with van der Waals surface area (Å²) >= 11 is 3.48. The molecule has 0 bridgehead atoms. The molecule has 0 aromatic heterocycles. The predicted molar refractivity (Wildman–Crippen MR) is 71.9 cm³/mol. The highest BCUT2D eigenvalue weighted by Crippen LogP contribution is 2.22. The number of rotatable bonds is 5. The van der Waals surface area contributed by atoms with Crippen LogP contribution < -0.4 is 4.72 Å². The van der Waals surface area contributed by atoms with Gasteiger partial charge in [-0.2, -0.15) is 0 Å². The summed E-state index contributed by atoms with van der Waals surface area (Å²) in [6.45, 7) is 2.07. The summed E-state index contributed by atoms with van der Waals surface area (Å²) in [6.07, 6.45) is 2.81. The molecule has 0 radical (unpaired) electrons. The van der Waals surface area contributed by atoms with E-state index in [2.05, 4.69) is 27.6 Å². The third kappa shape index (κ3) is 3.79. The number of nitrogens with one attached hydrogen (secondary N) is 1. The van der Waals surface area contributed by atoms with Crippen molar-refractivity contribution in [3.05, 3.63) is 29.8 Å². The Balaban J connectivity index is 2.11. The van der Waals surface area contributed by atoms with E-state index in [0.29, 0.717) is 9.72 Å². The monoisotopic (exact) mass is 317 g/mol. The second-order valence-electron chi connectivity index (χ2n) is 4.52. The summed E-state index contributed by atoms with van der Waals surface area (Å²) in [7, 11) is -3.30. The van der Waals surface area contributed by atoms with Crippen molar-refractivity contribution < 1.29 is 8.42 Å². The van der Waals surface area contributed by atoms with E-state index in [1.807, 2.05) is 12.1 Å². The van der Waals surface area contributed by atoms with Crippen LogP contribution in [0.25, 0.3) is 0 Å². The molecule has 0 heterocycles. The summed E-state index contributed by atoms with van der Waals surface area (Å²) in [5.74, 6) is 0. The lowest BCUT2D eigenvalue weighted by Crippen LogP contribution is -2.25. The standard InChI is InChI=1S/C12H16BrNO2S/c1-9(13)8-10-2-6-12(7-3-10)17(15,16)14-11-4-5-11/h2-3,6-7,9,11,14H,4-5,8H2,1H3. The fraction of sp³-hybridized carbons (Fsp3) is 0.500. The molecule has 94 valence electrons. The van der Waals surface area contributed by atoms with Gasteiger partial charge in [0, 0.05) is 10.9 Å². The van der Waals surface area contributed by atoms with Crippen molar-refractivity contribution in [2.24, 2.45) is 0 Å². The van der Waals surface area contributed by atoms with Crippen LogP contribution in [0.2, 0.25) is 0 Å². The molecule has 5 heteroatoms. The number of hydrogen-bond donors (Lipinski definition) is 1. The average molecular weight is 318 g/mol. The first-order valence-electron chi connectivity index (χ1n) is 5.73. The van der Waals surface area contributed by atoms with Gasteiger partial charge in [0.15, 0.2) is 0 Å². The maximum atomic E-state index is 11.9. The van der Waals surface area contributed by atoms with Gasteiger partial charge >= 0.3 is 0 Å². The predicted octanol–water partition coefficient (Wildman–Crippen LogP) is 2.45. The van der Waals surface area contributed by atoms with Gasteiger partial charge in [0.05, 0.1) is 4.90 Å². The second kappa shape index (κ2) is 5.08. The molecule has 0 saturated heterocycles. The van der Waals surface area contributed by atoms with Gasteiger partial charge in [0.2, 0.25) is 10.0 Å². The van der Waals surface area contributed by atoms with Crippen LogP contribution in [0.5, 0.6) is 0 Å². The molecule has 2 rings (SSSR count). The molecule has 1 aliphatic carbocycles. The Morgan fingerprint density at radius 1 is 1.35 bits per heavy atom. The lowest BCUT2D eigenvalue weighted by molar-refractivity contribution is 0.581. The minimum atomic E-state index is -3.30. The van der Waals surface area contributed by atoms with E-state index >= 15 is 0 Å². The Morgan fingerprint density at radius 3 is 2.41 bits per heavy atom. The minimum Gasteiger partial charge on any atom is -0.208 e. The summed E-state index contributed by atoms with van der Waals surface area (Å²) in [6, 6.07) is 7.26. The van der Waals surface area contributed by atoms with Gasteiger partial charge in [-0.25, -0.2) is 13.1 Å². The number of halogens is 1. The van der Waals surface area contributed by atoms with Crippen LogP contribution >= 0.6 is 15.9 Å². The third-order valence-corrected chi connectivity index (χ3v) is 4.51. The molecule has 1 aromatic rings. The van der Waals surface area contributed by atoms with E-state index in [1.54, 1.807) is 12.1 Å². The molecule has 1 N–H and O–H groups in total. The SMILES string of the molecule is CC(Br)Cc1ccc(S(=O)(=O)NC2CC2)cc1. The van der Waals surface area contributed by atoms with Crippen LogP contribution in [0.15, 0.2) is 29.2 Å². The van der Waals surface area contributed by atoms with Gasteiger partial charge < -0.3 is 0 Å². The lowest BCUT2D eigenvalue weighted by atomic mass is 10.1. The Hall–Kier alpha value is -0.390. The molecule has 0 amide bonds. The zero-order chi connectivity index (χ0) is 12.5. The quantitative estimate of drug-likeness (QED) is 0.848. The molecule has 3 nitrogen and oxygen atoms in total. The molecule has 0 aliphatic heterocycles. The first kappa shape index (κ1) is 13.1. The van der Waals surface area contributed by atoms with Crippen LogP contribution in [-0.4, -0.2) is 19.3 Å². The fourth-order valence-electron chi connectivity index (χ4n) is 1.62. The van der Waals surface area contributed by atoms with Crippen molar-refractivity contribution in [2.75, 3.05) is 0 Å². The van der Waals surface area contributed by atoms with Crippen LogP contribution in [0.1, 0.15) is 25.3 Å². The molecule has 1 fully saturated rings. The summed E-state index contributed by atoms with van der Waals surface area (Å²) in [5.41, 5.74) is 1.14. The van der Waals surface area contributed by atoms with Crippen molar-refractivity contribution in [1.82, 2.24) is 4.72 Å². The van der Waals surface area contributed by atoms with E-state index in [-0.39, 0.29) is 6.04 Å². The number of sulfonamides is 1. The van der Waals surface area contributed by atoms with E-state index in [9.17, 15) is 8.42 Å². The highest BCUT2D eigenvalue weighted by molar-refractivity contribution is 9.09. The topological polar surface area (TPSA) is 46.2 Å². The molecule has 17 heavy (non-hydrogen) atoms. The Labute approximate surface area is 111 Å². The minimum absolute atomic E-state index is 0.155. The van der Waals surface area contributed by atoms with Crippen LogP contribution in [-0.2, 0) is 16.4 Å². The fourth-order valence-corrected chi connectivity index (χ4v) is 3.30. The highest BCUT2D eigenvalue weighted by Gasteiger charge is 2.27. The van der Waals surface area contributed by atoms with Crippen LogP contribution in [0.3, 0.4) is 0 Å². The van der Waals surface area contributed by atoms with Gasteiger partial charge in [-0.05, 0) is 37.0 Å². The molecule has 1 aromatic carbocycles.